The molecule has 0 bridgehead atoms. The van der Waals surface area contributed by atoms with Gasteiger partial charge in [-0.25, -0.2) is 4.98 Å². The van der Waals surface area contributed by atoms with Crippen LogP contribution in [0.4, 0.5) is 0 Å². The van der Waals surface area contributed by atoms with Gasteiger partial charge in [-0.1, -0.05) is 230 Å². The molecule has 1 saturated heterocycles. The first-order chi connectivity index (χ1) is 31.1. The quantitative estimate of drug-likeness (QED) is 0.0516. The fourth-order valence-electron chi connectivity index (χ4n) is 9.17. The third-order valence-corrected chi connectivity index (χ3v) is 15.6. The van der Waals surface area contributed by atoms with Crippen LogP contribution in [0.15, 0.2) is 29.4 Å². The largest absolute Gasteiger partial charge is 0.355 e. The van der Waals surface area contributed by atoms with Gasteiger partial charge in [0, 0.05) is 44.3 Å². The Morgan fingerprint density at radius 2 is 1.10 bits per heavy atom. The summed E-state index contributed by atoms with van der Waals surface area (Å²) in [5.41, 5.74) is 0. The Hall–Kier alpha value is -0.800. The molecule has 1 aliphatic heterocycles. The Morgan fingerprint density at radius 1 is 0.635 bits per heavy atom. The molecule has 63 heavy (non-hydrogen) atoms. The van der Waals surface area contributed by atoms with Crippen LogP contribution in [0.3, 0.4) is 0 Å². The van der Waals surface area contributed by atoms with Crippen LogP contribution < -0.4 is 5.32 Å². The minimum atomic E-state index is -0.355. The molecule has 1 amide bonds. The molecule has 6 nitrogen and oxygen atoms in total. The Bertz CT molecular complexity index is 1080. The predicted octanol–water partition coefficient (Wildman–Crippen LogP) is 17.2. The molecule has 1 fully saturated rings. The van der Waals surface area contributed by atoms with Crippen LogP contribution in [0.5, 0.6) is 0 Å². The van der Waals surface area contributed by atoms with Crippen molar-refractivity contribution in [1.29, 1.82) is 0 Å². The van der Waals surface area contributed by atoms with Gasteiger partial charge in [0.05, 0.1) is 12.7 Å². The highest BCUT2D eigenvalue weighted by Crippen LogP contribution is 2.36. The zero-order chi connectivity index (χ0) is 45.0. The molecule has 1 unspecified atom stereocenters. The number of rotatable bonds is 48. The van der Waals surface area contributed by atoms with Crippen LogP contribution in [-0.4, -0.2) is 66.7 Å². The van der Waals surface area contributed by atoms with E-state index in [2.05, 4.69) is 36.1 Å². The van der Waals surface area contributed by atoms with Gasteiger partial charge in [-0.05, 0) is 68.6 Å². The van der Waals surface area contributed by atoms with Crippen molar-refractivity contribution in [2.45, 2.75) is 281 Å². The third-order valence-electron chi connectivity index (χ3n) is 13.3. The van der Waals surface area contributed by atoms with Gasteiger partial charge >= 0.3 is 0 Å². The standard InChI is InChI=1S/C55H103N3O3S2/c1-4-6-8-10-12-14-16-18-20-22-24-26-28-30-32-37-44-55(45-38-33-31-29-27-25-23-21-19-17-15-13-11-9-7-5-2)60-51-52(61-55)43-49-58(3)48-40-34-35-41-53(59)56-47-50-62-63-54-42-36-39-46-57-54/h36,39,42,46,52H,4-35,37-38,40-41,43-45,47-51H2,1-3H3,(H,56,59). The van der Waals surface area contributed by atoms with Crippen molar-refractivity contribution >= 4 is 27.5 Å². The van der Waals surface area contributed by atoms with Gasteiger partial charge in [-0.2, -0.15) is 0 Å². The molecule has 0 radical (unpaired) electrons. The molecule has 1 N–H and O–H groups in total. The molecule has 0 spiro atoms. The minimum absolute atomic E-state index is 0.174. The third kappa shape index (κ3) is 36.0. The minimum Gasteiger partial charge on any atom is -0.355 e. The maximum absolute atomic E-state index is 12.3. The van der Waals surface area contributed by atoms with Crippen LogP contribution in [-0.2, 0) is 14.3 Å². The van der Waals surface area contributed by atoms with Gasteiger partial charge in [0.1, 0.15) is 5.03 Å². The van der Waals surface area contributed by atoms with Crippen molar-refractivity contribution in [2.75, 3.05) is 39.0 Å². The highest BCUT2D eigenvalue weighted by atomic mass is 33.1. The van der Waals surface area contributed by atoms with E-state index in [0.717, 1.165) is 69.0 Å². The van der Waals surface area contributed by atoms with Crippen LogP contribution in [0.25, 0.3) is 0 Å². The molecule has 0 aromatic carbocycles. The van der Waals surface area contributed by atoms with E-state index in [4.69, 9.17) is 9.47 Å². The number of carbonyl (C=O) groups is 1. The molecular formula is C55H103N3O3S2. The predicted molar refractivity (Wildman–Crippen MR) is 278 cm³/mol. The number of pyridine rings is 1. The number of unbranched alkanes of at least 4 members (excludes halogenated alkanes) is 32. The number of hydrogen-bond donors (Lipinski definition) is 1. The zero-order valence-corrected chi connectivity index (χ0v) is 43.6. The van der Waals surface area contributed by atoms with E-state index in [1.165, 1.54) is 205 Å². The molecular weight excluding hydrogens is 815 g/mol. The van der Waals surface area contributed by atoms with E-state index >= 15 is 0 Å². The van der Waals surface area contributed by atoms with E-state index in [1.54, 1.807) is 21.6 Å². The Morgan fingerprint density at radius 3 is 1.56 bits per heavy atom. The lowest BCUT2D eigenvalue weighted by Crippen LogP contribution is -2.32. The van der Waals surface area contributed by atoms with Crippen LogP contribution in [0.2, 0.25) is 0 Å². The summed E-state index contributed by atoms with van der Waals surface area (Å²) >= 11 is 0. The second kappa shape index (κ2) is 43.8. The van der Waals surface area contributed by atoms with E-state index in [9.17, 15) is 4.79 Å². The number of hydrogen-bond acceptors (Lipinski definition) is 7. The summed E-state index contributed by atoms with van der Waals surface area (Å²) < 4.78 is 13.5. The summed E-state index contributed by atoms with van der Waals surface area (Å²) in [6.07, 6.45) is 53.9. The second-order valence-corrected chi connectivity index (χ2v) is 21.8. The number of amides is 1. The molecule has 2 rings (SSSR count). The van der Waals surface area contributed by atoms with Gasteiger partial charge in [-0.15, -0.1) is 0 Å². The fourth-order valence-corrected chi connectivity index (χ4v) is 11.0. The molecule has 8 heteroatoms. The fraction of sp³-hybridized carbons (Fsp3) is 0.891. The maximum Gasteiger partial charge on any atom is 0.220 e. The lowest BCUT2D eigenvalue weighted by molar-refractivity contribution is -0.180. The van der Waals surface area contributed by atoms with Crippen molar-refractivity contribution in [3.63, 3.8) is 0 Å². The van der Waals surface area contributed by atoms with Crippen LogP contribution >= 0.6 is 21.6 Å². The number of ether oxygens (including phenoxy) is 2. The molecule has 368 valence electrons. The summed E-state index contributed by atoms with van der Waals surface area (Å²) in [5.74, 6) is 0.702. The monoisotopic (exact) mass is 918 g/mol. The molecule has 1 aromatic rings. The van der Waals surface area contributed by atoms with Gasteiger partial charge in [0.15, 0.2) is 5.79 Å². The smallest absolute Gasteiger partial charge is 0.220 e. The number of nitrogens with zero attached hydrogens (tertiary/aromatic N) is 2. The Labute approximate surface area is 399 Å². The van der Waals surface area contributed by atoms with E-state index in [0.29, 0.717) is 13.0 Å². The van der Waals surface area contributed by atoms with Gasteiger partial charge in [-0.3, -0.25) is 4.79 Å². The van der Waals surface area contributed by atoms with Crippen molar-refractivity contribution in [3.05, 3.63) is 24.4 Å². The van der Waals surface area contributed by atoms with Crippen molar-refractivity contribution < 1.29 is 14.3 Å². The first-order valence-corrected chi connectivity index (χ1v) is 29.9. The van der Waals surface area contributed by atoms with E-state index < -0.39 is 0 Å². The molecule has 1 aromatic heterocycles. The molecule has 0 aliphatic carbocycles. The average molecular weight is 919 g/mol. The van der Waals surface area contributed by atoms with E-state index in [1.807, 2.05) is 24.4 Å². The second-order valence-electron chi connectivity index (χ2n) is 19.4. The SMILES string of the molecule is CCCCCCCCCCCCCCCCCCC1(CCCCCCCCCCCCCCCCCC)OCC(CCN(C)CCCCCC(=O)NCCSSc2ccccn2)O1. The van der Waals surface area contributed by atoms with Gasteiger partial charge in [0.2, 0.25) is 5.91 Å². The van der Waals surface area contributed by atoms with Crippen molar-refractivity contribution in [2.24, 2.45) is 0 Å². The van der Waals surface area contributed by atoms with Crippen molar-refractivity contribution in [1.82, 2.24) is 15.2 Å². The van der Waals surface area contributed by atoms with Crippen LogP contribution in [0, 0.1) is 0 Å². The number of aromatic nitrogens is 1. The first-order valence-electron chi connectivity index (χ1n) is 27.5. The highest BCUT2D eigenvalue weighted by Gasteiger charge is 2.40. The van der Waals surface area contributed by atoms with Gasteiger partial charge < -0.3 is 19.7 Å². The number of nitrogens with one attached hydrogen (secondary N) is 1. The molecule has 1 atom stereocenters. The first kappa shape index (κ1) is 58.3. The molecule has 1 aliphatic rings. The summed E-state index contributed by atoms with van der Waals surface area (Å²) in [5, 5.41) is 4.09. The normalized spacial score (nSPS) is 14.9. The summed E-state index contributed by atoms with van der Waals surface area (Å²) in [6.45, 7) is 8.18. The maximum atomic E-state index is 12.3. The summed E-state index contributed by atoms with van der Waals surface area (Å²) in [6, 6.07) is 5.95. The Kier molecular flexibility index (Phi) is 40.5. The summed E-state index contributed by atoms with van der Waals surface area (Å²) in [7, 11) is 5.64. The van der Waals surface area contributed by atoms with E-state index in [-0.39, 0.29) is 17.8 Å². The molecule has 0 saturated carbocycles. The highest BCUT2D eigenvalue weighted by molar-refractivity contribution is 8.76. The van der Waals surface area contributed by atoms with Gasteiger partial charge in [0.25, 0.3) is 0 Å². The number of carbonyl (C=O) groups excluding carboxylic acids is 1. The Balaban J connectivity index is 1.57. The lowest BCUT2D eigenvalue weighted by Gasteiger charge is -2.29. The topological polar surface area (TPSA) is 63.7 Å². The zero-order valence-electron chi connectivity index (χ0n) is 41.9. The average Bonchev–Trinajstić information content (AvgIpc) is 3.70. The lowest BCUT2D eigenvalue weighted by atomic mass is 9.98. The van der Waals surface area contributed by atoms with Crippen LogP contribution in [0.1, 0.15) is 264 Å². The summed E-state index contributed by atoms with van der Waals surface area (Å²) in [4.78, 5) is 19.1. The van der Waals surface area contributed by atoms with Crippen molar-refractivity contribution in [3.8, 4) is 0 Å². The molecule has 2 heterocycles.